The van der Waals surface area contributed by atoms with Crippen LogP contribution >= 0.6 is 11.6 Å². The number of benzene rings is 1. The lowest BCUT2D eigenvalue weighted by atomic mass is 9.99. The Morgan fingerprint density at radius 2 is 2.17 bits per heavy atom. The van der Waals surface area contributed by atoms with Crippen LogP contribution in [0.2, 0.25) is 5.02 Å². The van der Waals surface area contributed by atoms with Gasteiger partial charge in [-0.1, -0.05) is 24.6 Å². The zero-order valence-corrected chi connectivity index (χ0v) is 10.9. The summed E-state index contributed by atoms with van der Waals surface area (Å²) < 4.78 is 19.0. The second kappa shape index (κ2) is 5.55. The van der Waals surface area contributed by atoms with Gasteiger partial charge in [-0.3, -0.25) is 0 Å². The molecule has 0 aliphatic rings. The number of halogens is 2. The quantitative estimate of drug-likeness (QED) is 0.913. The van der Waals surface area contributed by atoms with Gasteiger partial charge < -0.3 is 10.2 Å². The number of aryl methyl sites for hydroxylation is 1. The molecule has 18 heavy (non-hydrogen) atoms. The Balaban J connectivity index is 2.24. The Hall–Kier alpha value is -1.32. The van der Waals surface area contributed by atoms with Crippen molar-refractivity contribution >= 4 is 11.6 Å². The van der Waals surface area contributed by atoms with Gasteiger partial charge in [0, 0.05) is 28.6 Å². The molecule has 0 aliphatic carbocycles. The van der Waals surface area contributed by atoms with Gasteiger partial charge in [-0.2, -0.15) is 0 Å². The van der Waals surface area contributed by atoms with Gasteiger partial charge in [-0.25, -0.2) is 4.39 Å². The van der Waals surface area contributed by atoms with E-state index in [0.29, 0.717) is 17.0 Å². The van der Waals surface area contributed by atoms with E-state index in [-0.39, 0.29) is 11.9 Å². The third-order valence-electron chi connectivity index (χ3n) is 2.99. The first-order chi connectivity index (χ1) is 8.63. The van der Waals surface area contributed by atoms with Crippen LogP contribution < -0.4 is 5.73 Å². The molecule has 1 aromatic heterocycles. The van der Waals surface area contributed by atoms with E-state index < -0.39 is 0 Å². The van der Waals surface area contributed by atoms with Crippen LogP contribution in [0.25, 0.3) is 0 Å². The first-order valence-electron chi connectivity index (χ1n) is 5.88. The Morgan fingerprint density at radius 3 is 2.83 bits per heavy atom. The zero-order valence-electron chi connectivity index (χ0n) is 10.1. The topological polar surface area (TPSA) is 39.2 Å². The molecule has 4 heteroatoms. The summed E-state index contributed by atoms with van der Waals surface area (Å²) in [6, 6.07) is 6.17. The van der Waals surface area contributed by atoms with E-state index in [1.807, 2.05) is 13.0 Å². The smallest absolute Gasteiger partial charge is 0.127 e. The lowest BCUT2D eigenvalue weighted by Crippen LogP contribution is -2.15. The number of furan rings is 1. The predicted molar refractivity (Wildman–Crippen MR) is 70.1 cm³/mol. The lowest BCUT2D eigenvalue weighted by Gasteiger charge is -2.13. The Bertz CT molecular complexity index is 518. The van der Waals surface area contributed by atoms with Crippen molar-refractivity contribution < 1.29 is 8.81 Å². The molecule has 2 rings (SSSR count). The maximum Gasteiger partial charge on any atom is 0.127 e. The SMILES string of the molecule is CCc1occc1C(N)Cc1c(F)cccc1Cl. The largest absolute Gasteiger partial charge is 0.469 e. The fourth-order valence-electron chi connectivity index (χ4n) is 2.03. The first-order valence-corrected chi connectivity index (χ1v) is 6.26. The van der Waals surface area contributed by atoms with Crippen LogP contribution in [-0.2, 0) is 12.8 Å². The zero-order chi connectivity index (χ0) is 13.1. The van der Waals surface area contributed by atoms with Gasteiger partial charge in [0.2, 0.25) is 0 Å². The molecule has 1 unspecified atom stereocenters. The highest BCUT2D eigenvalue weighted by molar-refractivity contribution is 6.31. The minimum Gasteiger partial charge on any atom is -0.469 e. The third-order valence-corrected chi connectivity index (χ3v) is 3.34. The minimum atomic E-state index is -0.320. The first kappa shape index (κ1) is 13.1. The van der Waals surface area contributed by atoms with Crippen molar-refractivity contribution in [3.05, 3.63) is 58.3 Å². The molecule has 1 heterocycles. The van der Waals surface area contributed by atoms with Crippen LogP contribution in [0.3, 0.4) is 0 Å². The number of hydrogen-bond acceptors (Lipinski definition) is 2. The molecule has 96 valence electrons. The summed E-state index contributed by atoms with van der Waals surface area (Å²) in [4.78, 5) is 0. The summed E-state index contributed by atoms with van der Waals surface area (Å²) in [6.07, 6.45) is 2.73. The standard InChI is InChI=1S/C14H15ClFNO/c1-2-14-9(6-7-18-14)13(17)8-10-11(15)4-3-5-12(10)16/h3-7,13H,2,8,17H2,1H3. The van der Waals surface area contributed by atoms with Crippen molar-refractivity contribution in [1.29, 1.82) is 0 Å². The van der Waals surface area contributed by atoms with Crippen molar-refractivity contribution in [3.63, 3.8) is 0 Å². The highest BCUT2D eigenvalue weighted by atomic mass is 35.5. The molecule has 2 nitrogen and oxygen atoms in total. The average Bonchev–Trinajstić information content (AvgIpc) is 2.82. The second-order valence-electron chi connectivity index (χ2n) is 4.16. The number of hydrogen-bond donors (Lipinski definition) is 1. The van der Waals surface area contributed by atoms with Gasteiger partial charge in [0.15, 0.2) is 0 Å². The second-order valence-corrected chi connectivity index (χ2v) is 4.57. The predicted octanol–water partition coefficient (Wildman–Crippen LogP) is 3.88. The summed E-state index contributed by atoms with van der Waals surface area (Å²) in [5.41, 5.74) is 7.47. The van der Waals surface area contributed by atoms with E-state index in [9.17, 15) is 4.39 Å². The van der Waals surface area contributed by atoms with Gasteiger partial charge in [0.1, 0.15) is 11.6 Å². The van der Waals surface area contributed by atoms with Crippen LogP contribution in [0.1, 0.15) is 29.9 Å². The summed E-state index contributed by atoms with van der Waals surface area (Å²) in [5.74, 6) is 0.523. The fourth-order valence-corrected chi connectivity index (χ4v) is 2.27. The van der Waals surface area contributed by atoms with Crippen LogP contribution in [0, 0.1) is 5.82 Å². The van der Waals surface area contributed by atoms with Gasteiger partial charge >= 0.3 is 0 Å². The van der Waals surface area contributed by atoms with E-state index in [2.05, 4.69) is 0 Å². The molecule has 0 aliphatic heterocycles. The molecule has 0 fully saturated rings. The van der Waals surface area contributed by atoms with Crippen LogP contribution in [0.15, 0.2) is 34.9 Å². The van der Waals surface area contributed by atoms with Gasteiger partial charge in [0.25, 0.3) is 0 Å². The molecule has 0 spiro atoms. The van der Waals surface area contributed by atoms with Gasteiger partial charge in [0.05, 0.1) is 6.26 Å². The minimum absolute atomic E-state index is 0.312. The summed E-state index contributed by atoms with van der Waals surface area (Å²) >= 11 is 5.99. The molecule has 1 aromatic carbocycles. The highest BCUT2D eigenvalue weighted by Gasteiger charge is 2.17. The van der Waals surface area contributed by atoms with Crippen molar-refractivity contribution in [1.82, 2.24) is 0 Å². The van der Waals surface area contributed by atoms with E-state index in [0.717, 1.165) is 17.7 Å². The van der Waals surface area contributed by atoms with E-state index in [1.54, 1.807) is 18.4 Å². The normalized spacial score (nSPS) is 12.7. The molecule has 0 bridgehead atoms. The Morgan fingerprint density at radius 1 is 1.39 bits per heavy atom. The van der Waals surface area contributed by atoms with Crippen LogP contribution in [0.4, 0.5) is 4.39 Å². The van der Waals surface area contributed by atoms with Gasteiger partial charge in [-0.15, -0.1) is 0 Å². The highest BCUT2D eigenvalue weighted by Crippen LogP contribution is 2.26. The van der Waals surface area contributed by atoms with Crippen molar-refractivity contribution in [2.45, 2.75) is 25.8 Å². The number of nitrogens with two attached hydrogens (primary N) is 1. The maximum absolute atomic E-state index is 13.7. The molecule has 0 radical (unpaired) electrons. The molecule has 0 saturated heterocycles. The Kier molecular flexibility index (Phi) is 4.04. The number of rotatable bonds is 4. The van der Waals surface area contributed by atoms with Crippen molar-refractivity contribution in [2.75, 3.05) is 0 Å². The Labute approximate surface area is 111 Å². The maximum atomic E-state index is 13.7. The molecule has 0 amide bonds. The molecule has 2 N–H and O–H groups in total. The third kappa shape index (κ3) is 2.57. The van der Waals surface area contributed by atoms with Crippen LogP contribution in [0.5, 0.6) is 0 Å². The monoisotopic (exact) mass is 267 g/mol. The summed E-state index contributed by atoms with van der Waals surface area (Å²) in [6.45, 7) is 1.99. The molecule has 2 aromatic rings. The van der Waals surface area contributed by atoms with E-state index in [4.69, 9.17) is 21.8 Å². The van der Waals surface area contributed by atoms with Crippen molar-refractivity contribution in [2.24, 2.45) is 5.73 Å². The molecular formula is C14H15ClFNO. The summed E-state index contributed by atoms with van der Waals surface area (Å²) in [7, 11) is 0. The fraction of sp³-hybridized carbons (Fsp3) is 0.286. The van der Waals surface area contributed by atoms with E-state index in [1.165, 1.54) is 6.07 Å². The molecule has 0 saturated carbocycles. The lowest BCUT2D eigenvalue weighted by molar-refractivity contribution is 0.504. The molecular weight excluding hydrogens is 253 g/mol. The van der Waals surface area contributed by atoms with E-state index >= 15 is 0 Å². The average molecular weight is 268 g/mol. The van der Waals surface area contributed by atoms with Crippen LogP contribution in [-0.4, -0.2) is 0 Å². The van der Waals surface area contributed by atoms with Crippen molar-refractivity contribution in [3.8, 4) is 0 Å². The summed E-state index contributed by atoms with van der Waals surface area (Å²) in [5, 5.41) is 0.409. The van der Waals surface area contributed by atoms with Gasteiger partial charge in [-0.05, 0) is 24.6 Å². The molecule has 1 atom stereocenters.